The largest absolute Gasteiger partial charge is 0.479 e. The molecule has 0 saturated carbocycles. The first-order chi connectivity index (χ1) is 8.40. The average molecular weight is 262 g/mol. The summed E-state index contributed by atoms with van der Waals surface area (Å²) in [5.74, 6) is -2.71. The third-order valence-electron chi connectivity index (χ3n) is 2.68. The molecule has 0 fully saturated rings. The SMILES string of the molecule is CCCCOC(=O)C(O)(CCCC)C(O)C(=O)O. The molecule has 106 valence electrons. The summed E-state index contributed by atoms with van der Waals surface area (Å²) in [5, 5.41) is 28.2. The first kappa shape index (κ1) is 16.9. The van der Waals surface area contributed by atoms with Crippen LogP contribution in [0, 0.1) is 0 Å². The summed E-state index contributed by atoms with van der Waals surface area (Å²) in [7, 11) is 0. The highest BCUT2D eigenvalue weighted by Gasteiger charge is 2.48. The minimum atomic E-state index is -2.37. The van der Waals surface area contributed by atoms with Crippen LogP contribution in [0.25, 0.3) is 0 Å². The van der Waals surface area contributed by atoms with Crippen LogP contribution in [0.3, 0.4) is 0 Å². The van der Waals surface area contributed by atoms with Crippen molar-refractivity contribution in [3.05, 3.63) is 0 Å². The van der Waals surface area contributed by atoms with Crippen molar-refractivity contribution in [3.8, 4) is 0 Å². The van der Waals surface area contributed by atoms with Crippen molar-refractivity contribution in [2.45, 2.75) is 57.7 Å². The van der Waals surface area contributed by atoms with Crippen molar-refractivity contribution in [1.29, 1.82) is 0 Å². The number of unbranched alkanes of at least 4 members (excludes halogenated alkanes) is 2. The maximum Gasteiger partial charge on any atom is 0.341 e. The molecule has 0 aliphatic carbocycles. The summed E-state index contributed by atoms with van der Waals surface area (Å²) in [4.78, 5) is 22.4. The Morgan fingerprint density at radius 2 is 1.78 bits per heavy atom. The standard InChI is InChI=1S/C12H22O6/c1-3-5-7-12(17,9(13)10(14)15)11(16)18-8-6-4-2/h9,13,17H,3-8H2,1-2H3,(H,14,15). The van der Waals surface area contributed by atoms with Crippen LogP contribution < -0.4 is 0 Å². The van der Waals surface area contributed by atoms with E-state index in [1.165, 1.54) is 0 Å². The Kier molecular flexibility index (Phi) is 7.54. The molecule has 0 aliphatic heterocycles. The quantitative estimate of drug-likeness (QED) is 0.417. The van der Waals surface area contributed by atoms with Gasteiger partial charge in [-0.1, -0.05) is 33.1 Å². The summed E-state index contributed by atoms with van der Waals surface area (Å²) < 4.78 is 4.80. The third kappa shape index (κ3) is 4.62. The van der Waals surface area contributed by atoms with Gasteiger partial charge in [-0.25, -0.2) is 9.59 Å². The molecule has 0 heterocycles. The van der Waals surface area contributed by atoms with Crippen molar-refractivity contribution in [1.82, 2.24) is 0 Å². The zero-order valence-electron chi connectivity index (χ0n) is 10.9. The van der Waals surface area contributed by atoms with E-state index < -0.39 is 23.6 Å². The lowest BCUT2D eigenvalue weighted by Crippen LogP contribution is -2.54. The second kappa shape index (κ2) is 8.05. The summed E-state index contributed by atoms with van der Waals surface area (Å²) in [5.41, 5.74) is -2.37. The van der Waals surface area contributed by atoms with Crippen LogP contribution in [0.4, 0.5) is 0 Å². The molecule has 0 spiro atoms. The second-order valence-corrected chi connectivity index (χ2v) is 4.26. The first-order valence-electron chi connectivity index (χ1n) is 6.20. The number of carboxylic acid groups (broad SMARTS) is 1. The molecule has 6 heteroatoms. The molecule has 2 unspecified atom stereocenters. The van der Waals surface area contributed by atoms with Crippen molar-refractivity contribution < 1.29 is 29.6 Å². The molecule has 3 N–H and O–H groups in total. The number of aliphatic carboxylic acids is 1. The molecule has 0 amide bonds. The van der Waals surface area contributed by atoms with Gasteiger partial charge in [0.25, 0.3) is 0 Å². The van der Waals surface area contributed by atoms with Crippen LogP contribution in [-0.4, -0.2) is 45.6 Å². The molecule has 0 saturated heterocycles. The molecule has 6 nitrogen and oxygen atoms in total. The lowest BCUT2D eigenvalue weighted by Gasteiger charge is -2.28. The summed E-state index contributed by atoms with van der Waals surface area (Å²) in [6, 6.07) is 0. The number of hydrogen-bond acceptors (Lipinski definition) is 5. The van der Waals surface area contributed by atoms with E-state index in [1.807, 2.05) is 13.8 Å². The van der Waals surface area contributed by atoms with E-state index in [9.17, 15) is 19.8 Å². The van der Waals surface area contributed by atoms with Gasteiger partial charge in [0.1, 0.15) is 0 Å². The van der Waals surface area contributed by atoms with E-state index in [1.54, 1.807) is 0 Å². The fraction of sp³-hybridized carbons (Fsp3) is 0.833. The Morgan fingerprint density at radius 1 is 1.22 bits per heavy atom. The molecule has 0 radical (unpaired) electrons. The predicted octanol–water partition coefficient (Wildman–Crippen LogP) is 0.697. The van der Waals surface area contributed by atoms with Gasteiger partial charge in [0, 0.05) is 0 Å². The lowest BCUT2D eigenvalue weighted by molar-refractivity contribution is -0.189. The van der Waals surface area contributed by atoms with Gasteiger partial charge in [-0.15, -0.1) is 0 Å². The maximum absolute atomic E-state index is 11.7. The van der Waals surface area contributed by atoms with Crippen LogP contribution in [0.5, 0.6) is 0 Å². The molecule has 0 aromatic heterocycles. The molecule has 0 aromatic carbocycles. The number of aliphatic hydroxyl groups is 2. The first-order valence-corrected chi connectivity index (χ1v) is 6.20. The Balaban J connectivity index is 4.73. The number of hydrogen-bond donors (Lipinski definition) is 3. The van der Waals surface area contributed by atoms with E-state index in [0.29, 0.717) is 19.3 Å². The minimum absolute atomic E-state index is 0.107. The van der Waals surface area contributed by atoms with Gasteiger partial charge >= 0.3 is 11.9 Å². The highest BCUT2D eigenvalue weighted by Crippen LogP contribution is 2.21. The Bertz CT molecular complexity index is 278. The molecular weight excluding hydrogens is 240 g/mol. The highest BCUT2D eigenvalue weighted by atomic mass is 16.6. The van der Waals surface area contributed by atoms with Crippen LogP contribution >= 0.6 is 0 Å². The summed E-state index contributed by atoms with van der Waals surface area (Å²) in [6.07, 6.45) is 0.210. The smallest absolute Gasteiger partial charge is 0.341 e. The second-order valence-electron chi connectivity index (χ2n) is 4.26. The van der Waals surface area contributed by atoms with E-state index in [2.05, 4.69) is 0 Å². The van der Waals surface area contributed by atoms with Crippen molar-refractivity contribution in [2.75, 3.05) is 6.61 Å². The van der Waals surface area contributed by atoms with Gasteiger partial charge in [0.05, 0.1) is 6.61 Å². The molecule has 2 atom stereocenters. The molecule has 0 aliphatic rings. The van der Waals surface area contributed by atoms with Gasteiger partial charge in [-0.05, 0) is 12.8 Å². The van der Waals surface area contributed by atoms with Crippen LogP contribution in [0.1, 0.15) is 46.0 Å². The van der Waals surface area contributed by atoms with Gasteiger partial charge in [-0.3, -0.25) is 0 Å². The minimum Gasteiger partial charge on any atom is -0.479 e. The Morgan fingerprint density at radius 3 is 2.22 bits per heavy atom. The van der Waals surface area contributed by atoms with Crippen LogP contribution in [0.2, 0.25) is 0 Å². The Labute approximate surface area is 107 Å². The lowest BCUT2D eigenvalue weighted by atomic mass is 9.90. The average Bonchev–Trinajstić information content (AvgIpc) is 2.34. The zero-order valence-corrected chi connectivity index (χ0v) is 10.9. The monoisotopic (exact) mass is 262 g/mol. The van der Waals surface area contributed by atoms with Gasteiger partial charge in [0.2, 0.25) is 0 Å². The maximum atomic E-state index is 11.7. The van der Waals surface area contributed by atoms with E-state index in [0.717, 1.165) is 6.42 Å². The van der Waals surface area contributed by atoms with Crippen molar-refractivity contribution in [2.24, 2.45) is 0 Å². The highest BCUT2D eigenvalue weighted by molar-refractivity contribution is 5.88. The number of rotatable bonds is 9. The molecule has 0 aromatic rings. The molecular formula is C12H22O6. The van der Waals surface area contributed by atoms with E-state index >= 15 is 0 Å². The van der Waals surface area contributed by atoms with Crippen molar-refractivity contribution in [3.63, 3.8) is 0 Å². The van der Waals surface area contributed by atoms with Crippen molar-refractivity contribution >= 4 is 11.9 Å². The molecule has 0 bridgehead atoms. The molecule has 18 heavy (non-hydrogen) atoms. The normalized spacial score (nSPS) is 15.8. The Hall–Kier alpha value is -1.14. The van der Waals surface area contributed by atoms with E-state index in [-0.39, 0.29) is 13.0 Å². The van der Waals surface area contributed by atoms with E-state index in [4.69, 9.17) is 9.84 Å². The topological polar surface area (TPSA) is 104 Å². The van der Waals surface area contributed by atoms with Crippen LogP contribution in [-0.2, 0) is 14.3 Å². The third-order valence-corrected chi connectivity index (χ3v) is 2.68. The van der Waals surface area contributed by atoms with Gasteiger partial charge in [-0.2, -0.15) is 0 Å². The molecule has 0 rings (SSSR count). The fourth-order valence-corrected chi connectivity index (χ4v) is 1.44. The summed E-state index contributed by atoms with van der Waals surface area (Å²) >= 11 is 0. The zero-order chi connectivity index (χ0) is 14.2. The van der Waals surface area contributed by atoms with Gasteiger partial charge < -0.3 is 20.1 Å². The summed E-state index contributed by atoms with van der Waals surface area (Å²) in [6.45, 7) is 3.84. The number of carbonyl (C=O) groups excluding carboxylic acids is 1. The number of ether oxygens (including phenoxy) is 1. The number of aliphatic hydroxyl groups excluding tert-OH is 1. The van der Waals surface area contributed by atoms with Gasteiger partial charge in [0.15, 0.2) is 11.7 Å². The number of carbonyl (C=O) groups is 2. The predicted molar refractivity (Wildman–Crippen MR) is 64.0 cm³/mol. The number of carboxylic acids is 1. The fourth-order valence-electron chi connectivity index (χ4n) is 1.44. The number of esters is 1. The van der Waals surface area contributed by atoms with Crippen LogP contribution in [0.15, 0.2) is 0 Å².